The summed E-state index contributed by atoms with van der Waals surface area (Å²) in [6, 6.07) is 0. The molecule has 0 atom stereocenters. The fraction of sp³-hybridized carbons (Fsp3) is 0.875. The molecular weight excluding hydrogens is 312 g/mol. The van der Waals surface area contributed by atoms with E-state index in [4.69, 9.17) is 20.6 Å². The fourth-order valence-corrected chi connectivity index (χ4v) is 2.86. The minimum absolute atomic E-state index is 0.261. The third kappa shape index (κ3) is 8.58. The maximum atomic E-state index is 8.60. The van der Waals surface area contributed by atoms with Crippen molar-refractivity contribution in [2.45, 2.75) is 38.5 Å². The van der Waals surface area contributed by atoms with E-state index in [1.165, 1.54) is 0 Å². The third-order valence-electron chi connectivity index (χ3n) is 4.41. The van der Waals surface area contributed by atoms with Crippen LogP contribution in [0.15, 0.2) is 10.3 Å². The van der Waals surface area contributed by atoms with E-state index in [2.05, 4.69) is 20.1 Å². The normalized spacial score (nSPS) is 19.6. The molecule has 4 N–H and O–H groups in total. The van der Waals surface area contributed by atoms with Crippen molar-refractivity contribution >= 4 is 11.4 Å². The Balaban J connectivity index is 0.000000240. The highest BCUT2D eigenvalue weighted by molar-refractivity contribution is 5.85. The molecule has 0 unspecified atom stereocenters. The number of likely N-dealkylation sites (tertiary alicyclic amines) is 2. The average Bonchev–Trinajstić information content (AvgIpc) is 2.66. The van der Waals surface area contributed by atoms with Gasteiger partial charge in [0.1, 0.15) is 0 Å². The van der Waals surface area contributed by atoms with Gasteiger partial charge in [-0.25, -0.2) is 0 Å². The largest absolute Gasteiger partial charge is 0.411 e. The second-order valence-electron chi connectivity index (χ2n) is 6.17. The third-order valence-corrected chi connectivity index (χ3v) is 4.41. The zero-order valence-corrected chi connectivity index (χ0v) is 14.5. The molecule has 0 aromatic rings. The van der Waals surface area contributed by atoms with Crippen LogP contribution in [0.2, 0.25) is 0 Å². The molecule has 140 valence electrons. The summed E-state index contributed by atoms with van der Waals surface area (Å²) in [4.78, 5) is 4.57. The first kappa shape index (κ1) is 20.8. The van der Waals surface area contributed by atoms with E-state index in [0.29, 0.717) is 0 Å². The van der Waals surface area contributed by atoms with Crippen molar-refractivity contribution in [2.24, 2.45) is 10.3 Å². The van der Waals surface area contributed by atoms with Crippen molar-refractivity contribution in [2.75, 3.05) is 52.5 Å². The second kappa shape index (κ2) is 13.1. The van der Waals surface area contributed by atoms with Crippen LogP contribution >= 0.6 is 0 Å². The zero-order valence-electron chi connectivity index (χ0n) is 14.5. The quantitative estimate of drug-likeness (QED) is 0.414. The number of nitrogens with zero attached hydrogens (tertiary/aromatic N) is 4. The van der Waals surface area contributed by atoms with Crippen molar-refractivity contribution < 1.29 is 20.6 Å². The monoisotopic (exact) mass is 344 g/mol. The van der Waals surface area contributed by atoms with Crippen molar-refractivity contribution in [3.63, 3.8) is 0 Å². The van der Waals surface area contributed by atoms with Crippen LogP contribution in [0.5, 0.6) is 0 Å². The lowest BCUT2D eigenvalue weighted by molar-refractivity contribution is 0.221. The smallest absolute Gasteiger partial charge is 0.0596 e. The highest BCUT2D eigenvalue weighted by Gasteiger charge is 2.14. The Morgan fingerprint density at radius 2 is 1.00 bits per heavy atom. The van der Waals surface area contributed by atoms with Crippen LogP contribution in [0.3, 0.4) is 0 Å². The maximum Gasteiger partial charge on any atom is 0.0596 e. The number of aliphatic hydroxyl groups is 2. The SMILES string of the molecule is OCCCN1CCC(=NO)CC1.OCCCN1CCC(=NO)CC1. The standard InChI is InChI=1S/2C8H16N2O2/c2*11-7-1-4-10-5-2-8(9-12)3-6-10/h2*11-12H,1-7H2. The van der Waals surface area contributed by atoms with Gasteiger partial charge in [0.05, 0.1) is 11.4 Å². The first-order valence-corrected chi connectivity index (χ1v) is 8.79. The van der Waals surface area contributed by atoms with Crippen LogP contribution in [0.1, 0.15) is 38.5 Å². The number of hydrogen-bond donors (Lipinski definition) is 4. The Bertz CT molecular complexity index is 334. The zero-order chi connectivity index (χ0) is 17.6. The molecule has 0 bridgehead atoms. The van der Waals surface area contributed by atoms with E-state index in [-0.39, 0.29) is 13.2 Å². The van der Waals surface area contributed by atoms with E-state index in [1.54, 1.807) is 0 Å². The van der Waals surface area contributed by atoms with Gasteiger partial charge in [0.15, 0.2) is 0 Å². The summed E-state index contributed by atoms with van der Waals surface area (Å²) in [7, 11) is 0. The van der Waals surface area contributed by atoms with E-state index in [9.17, 15) is 0 Å². The minimum atomic E-state index is 0.261. The summed E-state index contributed by atoms with van der Waals surface area (Å²) >= 11 is 0. The number of piperidine rings is 2. The van der Waals surface area contributed by atoms with Crippen LogP contribution in [-0.4, -0.2) is 94.3 Å². The van der Waals surface area contributed by atoms with E-state index in [0.717, 1.165) is 89.2 Å². The molecule has 0 spiro atoms. The van der Waals surface area contributed by atoms with Crippen LogP contribution in [-0.2, 0) is 0 Å². The summed E-state index contributed by atoms with van der Waals surface area (Å²) in [6.07, 6.45) is 5.13. The Morgan fingerprint density at radius 1 is 0.667 bits per heavy atom. The highest BCUT2D eigenvalue weighted by Crippen LogP contribution is 2.07. The number of hydrogen-bond acceptors (Lipinski definition) is 8. The topological polar surface area (TPSA) is 112 Å². The van der Waals surface area contributed by atoms with E-state index < -0.39 is 0 Å². The summed E-state index contributed by atoms with van der Waals surface area (Å²) in [5, 5.41) is 40.6. The van der Waals surface area contributed by atoms with Gasteiger partial charge in [-0.05, 0) is 12.8 Å². The maximum absolute atomic E-state index is 8.60. The molecule has 8 heteroatoms. The molecule has 2 aliphatic rings. The van der Waals surface area contributed by atoms with E-state index >= 15 is 0 Å². The molecule has 0 amide bonds. The predicted molar refractivity (Wildman–Crippen MR) is 93.2 cm³/mol. The van der Waals surface area contributed by atoms with Gasteiger partial charge in [-0.2, -0.15) is 0 Å². The molecule has 2 rings (SSSR count). The lowest BCUT2D eigenvalue weighted by Gasteiger charge is -2.26. The summed E-state index contributed by atoms with van der Waals surface area (Å²) < 4.78 is 0. The van der Waals surface area contributed by atoms with Gasteiger partial charge >= 0.3 is 0 Å². The van der Waals surface area contributed by atoms with E-state index in [1.807, 2.05) is 0 Å². The number of oxime groups is 2. The Labute approximate surface area is 144 Å². The molecule has 24 heavy (non-hydrogen) atoms. The molecule has 0 aromatic heterocycles. The number of aliphatic hydroxyl groups excluding tert-OH is 2. The molecule has 2 saturated heterocycles. The van der Waals surface area contributed by atoms with Crippen molar-refractivity contribution in [1.29, 1.82) is 0 Å². The summed E-state index contributed by atoms with van der Waals surface area (Å²) in [5.41, 5.74) is 1.80. The second-order valence-corrected chi connectivity index (χ2v) is 6.17. The molecule has 8 nitrogen and oxygen atoms in total. The van der Waals surface area contributed by atoms with Gasteiger partial charge in [-0.15, -0.1) is 0 Å². The van der Waals surface area contributed by atoms with Gasteiger partial charge in [0, 0.05) is 78.2 Å². The van der Waals surface area contributed by atoms with Crippen molar-refractivity contribution in [3.05, 3.63) is 0 Å². The molecule has 2 fully saturated rings. The summed E-state index contributed by atoms with van der Waals surface area (Å²) in [6.45, 7) is 6.26. The van der Waals surface area contributed by atoms with Gasteiger partial charge in [0.25, 0.3) is 0 Å². The van der Waals surface area contributed by atoms with Gasteiger partial charge < -0.3 is 30.4 Å². The van der Waals surface area contributed by atoms with Crippen LogP contribution in [0.25, 0.3) is 0 Å². The molecule has 0 radical (unpaired) electrons. The highest BCUT2D eigenvalue weighted by atomic mass is 16.4. The lowest BCUT2D eigenvalue weighted by Crippen LogP contribution is -2.34. The average molecular weight is 344 g/mol. The van der Waals surface area contributed by atoms with Crippen LogP contribution < -0.4 is 0 Å². The number of rotatable bonds is 6. The van der Waals surface area contributed by atoms with Crippen LogP contribution in [0.4, 0.5) is 0 Å². The Hall–Kier alpha value is -1.22. The van der Waals surface area contributed by atoms with Crippen LogP contribution in [0, 0.1) is 0 Å². The van der Waals surface area contributed by atoms with Gasteiger partial charge in [0.2, 0.25) is 0 Å². The first-order valence-electron chi connectivity index (χ1n) is 8.79. The molecule has 0 aromatic carbocycles. The minimum Gasteiger partial charge on any atom is -0.411 e. The molecule has 0 saturated carbocycles. The molecule has 2 heterocycles. The molecular formula is C16H32N4O4. The van der Waals surface area contributed by atoms with Gasteiger partial charge in [-0.1, -0.05) is 10.3 Å². The first-order chi connectivity index (χ1) is 11.7. The Morgan fingerprint density at radius 3 is 1.25 bits per heavy atom. The van der Waals surface area contributed by atoms with Gasteiger partial charge in [-0.3, -0.25) is 0 Å². The van der Waals surface area contributed by atoms with Crippen molar-refractivity contribution in [3.8, 4) is 0 Å². The Kier molecular flexibility index (Phi) is 11.4. The fourth-order valence-electron chi connectivity index (χ4n) is 2.86. The van der Waals surface area contributed by atoms with Crippen molar-refractivity contribution in [1.82, 2.24) is 9.80 Å². The summed E-state index contributed by atoms with van der Waals surface area (Å²) in [5.74, 6) is 0. The molecule has 0 aliphatic carbocycles. The predicted octanol–water partition coefficient (Wildman–Crippen LogP) is 0.590. The lowest BCUT2D eigenvalue weighted by atomic mass is 10.1. The molecule has 2 aliphatic heterocycles.